The van der Waals surface area contributed by atoms with Gasteiger partial charge < -0.3 is 20.5 Å². The van der Waals surface area contributed by atoms with E-state index in [4.69, 9.17) is 15.2 Å². The van der Waals surface area contributed by atoms with Crippen molar-refractivity contribution in [3.8, 4) is 5.75 Å². The fraction of sp³-hybridized carbons (Fsp3) is 0.350. The number of hydrogen-bond acceptors (Lipinski definition) is 4. The molecular weight excluding hydrogens is 373 g/mol. The zero-order valence-corrected chi connectivity index (χ0v) is 15.3. The van der Waals surface area contributed by atoms with Gasteiger partial charge in [0.05, 0.1) is 24.8 Å². The van der Waals surface area contributed by atoms with Crippen LogP contribution in [0, 0.1) is 0 Å². The van der Waals surface area contributed by atoms with Crippen LogP contribution in [0.4, 0.5) is 18.9 Å². The van der Waals surface area contributed by atoms with Gasteiger partial charge in [-0.05, 0) is 48.9 Å². The average Bonchev–Trinajstić information content (AvgIpc) is 3.13. The Bertz CT molecular complexity index is 849. The summed E-state index contributed by atoms with van der Waals surface area (Å²) in [6.45, 7) is 2.75. The number of carbonyl (C=O) groups excluding carboxylic acids is 1. The van der Waals surface area contributed by atoms with Gasteiger partial charge in [-0.15, -0.1) is 0 Å². The van der Waals surface area contributed by atoms with Crippen LogP contribution in [0.3, 0.4) is 0 Å². The van der Waals surface area contributed by atoms with Gasteiger partial charge in [-0.25, -0.2) is 0 Å². The van der Waals surface area contributed by atoms with E-state index in [-0.39, 0.29) is 17.4 Å². The summed E-state index contributed by atoms with van der Waals surface area (Å²) in [7, 11) is 0. The van der Waals surface area contributed by atoms with Crippen molar-refractivity contribution in [2.24, 2.45) is 0 Å². The summed E-state index contributed by atoms with van der Waals surface area (Å²) in [5, 5.41) is 2.70. The number of alkyl halides is 3. The molecule has 2 atom stereocenters. The molecule has 1 heterocycles. The number of nitrogens with one attached hydrogen (secondary N) is 1. The number of hydrogen-bond donors (Lipinski definition) is 2. The molecule has 8 heteroatoms. The first-order chi connectivity index (χ1) is 13.2. The van der Waals surface area contributed by atoms with Crippen LogP contribution in [-0.2, 0) is 10.9 Å². The van der Waals surface area contributed by atoms with Gasteiger partial charge in [0.15, 0.2) is 0 Å². The number of ether oxygens (including phenoxy) is 2. The zero-order chi connectivity index (χ0) is 20.3. The normalized spacial score (nSPS) is 17.9. The summed E-state index contributed by atoms with van der Waals surface area (Å²) in [5.74, 6) is 0.121. The van der Waals surface area contributed by atoms with Crippen molar-refractivity contribution >= 4 is 11.6 Å². The molecule has 1 saturated heterocycles. The molecule has 2 aromatic carbocycles. The van der Waals surface area contributed by atoms with Gasteiger partial charge in [0.2, 0.25) is 0 Å². The van der Waals surface area contributed by atoms with Crippen molar-refractivity contribution in [2.45, 2.75) is 31.7 Å². The Labute approximate surface area is 160 Å². The standard InChI is InChI=1S/C20H21F3N2O3/c1-12(14-7-15(20(21,22)23)10-16(24)8-14)25-19(26)13-3-2-4-17(9-13)28-18-5-6-27-11-18/h2-4,7-10,12,18H,5-6,11,24H2,1H3,(H,25,26)/t12?,18-/m0/s1. The lowest BCUT2D eigenvalue weighted by Crippen LogP contribution is -2.27. The maximum Gasteiger partial charge on any atom is 0.416 e. The van der Waals surface area contributed by atoms with Gasteiger partial charge in [0.1, 0.15) is 11.9 Å². The molecule has 1 fully saturated rings. The summed E-state index contributed by atoms with van der Waals surface area (Å²) in [6, 6.07) is 9.25. The highest BCUT2D eigenvalue weighted by molar-refractivity contribution is 5.94. The topological polar surface area (TPSA) is 73.6 Å². The first-order valence-electron chi connectivity index (χ1n) is 8.85. The first-order valence-corrected chi connectivity index (χ1v) is 8.85. The van der Waals surface area contributed by atoms with E-state index in [1.807, 2.05) is 0 Å². The molecule has 1 aliphatic heterocycles. The van der Waals surface area contributed by atoms with Gasteiger partial charge in [0.25, 0.3) is 5.91 Å². The average molecular weight is 394 g/mol. The quantitative estimate of drug-likeness (QED) is 0.754. The Morgan fingerprint density at radius 1 is 1.29 bits per heavy atom. The Morgan fingerprint density at radius 2 is 2.07 bits per heavy atom. The smallest absolute Gasteiger partial charge is 0.416 e. The molecule has 3 rings (SSSR count). The monoisotopic (exact) mass is 394 g/mol. The highest BCUT2D eigenvalue weighted by atomic mass is 19.4. The predicted molar refractivity (Wildman–Crippen MR) is 98.0 cm³/mol. The Hall–Kier alpha value is -2.74. The molecule has 1 amide bonds. The lowest BCUT2D eigenvalue weighted by Gasteiger charge is -2.18. The minimum absolute atomic E-state index is 0.0138. The largest absolute Gasteiger partial charge is 0.488 e. The molecule has 5 nitrogen and oxygen atoms in total. The van der Waals surface area contributed by atoms with Crippen molar-refractivity contribution < 1.29 is 27.4 Å². The molecule has 0 bridgehead atoms. The summed E-state index contributed by atoms with van der Waals surface area (Å²) < 4.78 is 50.0. The van der Waals surface area contributed by atoms with Crippen LogP contribution >= 0.6 is 0 Å². The van der Waals surface area contributed by atoms with Crippen LogP contribution < -0.4 is 15.8 Å². The third-order valence-corrected chi connectivity index (χ3v) is 4.44. The highest BCUT2D eigenvalue weighted by Gasteiger charge is 2.31. The van der Waals surface area contributed by atoms with E-state index >= 15 is 0 Å². The van der Waals surface area contributed by atoms with Crippen LogP contribution in [0.25, 0.3) is 0 Å². The SMILES string of the molecule is CC(NC(=O)c1cccc(O[C@H]2CCOC2)c1)c1cc(N)cc(C(F)(F)F)c1. The number of carbonyl (C=O) groups is 1. The van der Waals surface area contributed by atoms with E-state index in [0.717, 1.165) is 18.6 Å². The fourth-order valence-corrected chi connectivity index (χ4v) is 2.96. The van der Waals surface area contributed by atoms with E-state index in [9.17, 15) is 18.0 Å². The van der Waals surface area contributed by atoms with Gasteiger partial charge in [0, 0.05) is 17.7 Å². The molecule has 0 radical (unpaired) electrons. The maximum absolute atomic E-state index is 13.0. The number of nitrogen functional groups attached to an aromatic ring is 1. The molecule has 3 N–H and O–H groups in total. The molecule has 150 valence electrons. The molecule has 1 aliphatic rings. The number of halogens is 3. The molecule has 0 saturated carbocycles. The van der Waals surface area contributed by atoms with E-state index in [0.29, 0.717) is 24.5 Å². The molecule has 0 aliphatic carbocycles. The Morgan fingerprint density at radius 3 is 2.75 bits per heavy atom. The molecule has 28 heavy (non-hydrogen) atoms. The van der Waals surface area contributed by atoms with Gasteiger partial charge in [-0.3, -0.25) is 4.79 Å². The Balaban J connectivity index is 1.71. The Kier molecular flexibility index (Phi) is 5.79. The van der Waals surface area contributed by atoms with E-state index in [1.165, 1.54) is 6.07 Å². The second-order valence-corrected chi connectivity index (χ2v) is 6.71. The van der Waals surface area contributed by atoms with Crippen molar-refractivity contribution in [3.63, 3.8) is 0 Å². The van der Waals surface area contributed by atoms with Crippen LogP contribution in [0.15, 0.2) is 42.5 Å². The third kappa shape index (κ3) is 4.95. The molecular formula is C20H21F3N2O3. The number of rotatable bonds is 5. The van der Waals surface area contributed by atoms with E-state index in [1.54, 1.807) is 31.2 Å². The molecule has 0 aromatic heterocycles. The molecule has 0 spiro atoms. The van der Waals surface area contributed by atoms with E-state index in [2.05, 4.69) is 5.32 Å². The van der Waals surface area contributed by atoms with Crippen molar-refractivity contribution in [2.75, 3.05) is 18.9 Å². The summed E-state index contributed by atoms with van der Waals surface area (Å²) in [5.41, 5.74) is 5.36. The zero-order valence-electron chi connectivity index (χ0n) is 15.3. The number of anilines is 1. The van der Waals surface area contributed by atoms with Crippen LogP contribution in [0.1, 0.15) is 40.9 Å². The van der Waals surface area contributed by atoms with Gasteiger partial charge >= 0.3 is 6.18 Å². The van der Waals surface area contributed by atoms with Crippen LogP contribution in [0.2, 0.25) is 0 Å². The van der Waals surface area contributed by atoms with Crippen LogP contribution in [0.5, 0.6) is 5.75 Å². The summed E-state index contributed by atoms with van der Waals surface area (Å²) in [6.07, 6.45) is -3.78. The minimum Gasteiger partial charge on any atom is -0.488 e. The molecule has 2 aromatic rings. The molecule has 1 unspecified atom stereocenters. The minimum atomic E-state index is -4.51. The number of benzene rings is 2. The maximum atomic E-state index is 13.0. The fourth-order valence-electron chi connectivity index (χ4n) is 2.96. The number of nitrogens with two attached hydrogens (primary N) is 1. The van der Waals surface area contributed by atoms with Crippen molar-refractivity contribution in [1.29, 1.82) is 0 Å². The second kappa shape index (κ2) is 8.10. The number of amides is 1. The lowest BCUT2D eigenvalue weighted by atomic mass is 10.0. The second-order valence-electron chi connectivity index (χ2n) is 6.71. The van der Waals surface area contributed by atoms with Crippen molar-refractivity contribution in [1.82, 2.24) is 5.32 Å². The van der Waals surface area contributed by atoms with Crippen molar-refractivity contribution in [3.05, 3.63) is 59.2 Å². The first kappa shape index (κ1) is 20.0. The van der Waals surface area contributed by atoms with Crippen LogP contribution in [-0.4, -0.2) is 25.2 Å². The lowest BCUT2D eigenvalue weighted by molar-refractivity contribution is -0.137. The summed E-state index contributed by atoms with van der Waals surface area (Å²) in [4.78, 5) is 12.5. The highest BCUT2D eigenvalue weighted by Crippen LogP contribution is 2.32. The van der Waals surface area contributed by atoms with Gasteiger partial charge in [-0.1, -0.05) is 6.07 Å². The summed E-state index contributed by atoms with van der Waals surface area (Å²) >= 11 is 0. The van der Waals surface area contributed by atoms with E-state index < -0.39 is 23.7 Å². The third-order valence-electron chi connectivity index (χ3n) is 4.44. The van der Waals surface area contributed by atoms with Gasteiger partial charge in [-0.2, -0.15) is 13.2 Å². The predicted octanol–water partition coefficient (Wildman–Crippen LogP) is 3.95.